The Morgan fingerprint density at radius 3 is 2.90 bits per heavy atom. The third-order valence-corrected chi connectivity index (χ3v) is 3.57. The molecule has 7 heteroatoms. The van der Waals surface area contributed by atoms with Crippen molar-refractivity contribution >= 4 is 29.2 Å². The van der Waals surface area contributed by atoms with Gasteiger partial charge < -0.3 is 14.6 Å². The summed E-state index contributed by atoms with van der Waals surface area (Å²) < 4.78 is 9.68. The lowest BCUT2D eigenvalue weighted by molar-refractivity contribution is 0.0607. The number of hydrazone groups is 1. The van der Waals surface area contributed by atoms with Crippen molar-refractivity contribution in [2.75, 3.05) is 19.6 Å². The van der Waals surface area contributed by atoms with E-state index in [0.29, 0.717) is 21.9 Å². The molecule has 1 aromatic carbocycles. The molecule has 0 unspecified atom stereocenters. The molecule has 6 nitrogen and oxygen atoms in total. The Morgan fingerprint density at radius 1 is 1.38 bits per heavy atom. The maximum atomic E-state index is 11.5. The van der Waals surface area contributed by atoms with Crippen molar-refractivity contribution in [3.8, 4) is 11.5 Å². The van der Waals surface area contributed by atoms with E-state index in [0.717, 1.165) is 0 Å². The molecular formula is C14H14N2O4S. The number of benzene rings is 1. The predicted octanol–water partition coefficient (Wildman–Crippen LogP) is 2.69. The Bertz CT molecular complexity index is 667. The molecule has 0 radical (unpaired) electrons. The quantitative estimate of drug-likeness (QED) is 0.504. The van der Waals surface area contributed by atoms with Crippen LogP contribution in [0, 0.1) is 0 Å². The molecule has 0 saturated heterocycles. The number of hydrogen-bond acceptors (Lipinski definition) is 7. The summed E-state index contributed by atoms with van der Waals surface area (Å²) in [6.07, 6.45) is 1.44. The van der Waals surface area contributed by atoms with Crippen LogP contribution in [0.25, 0.3) is 0 Å². The molecule has 2 aromatic rings. The Kier molecular flexibility index (Phi) is 4.78. The highest BCUT2D eigenvalue weighted by Crippen LogP contribution is 2.28. The molecule has 21 heavy (non-hydrogen) atoms. The zero-order valence-electron chi connectivity index (χ0n) is 11.5. The molecule has 2 N–H and O–H groups in total. The number of nitrogens with zero attached hydrogens (tertiary/aromatic N) is 1. The highest BCUT2D eigenvalue weighted by molar-refractivity contribution is 7.12. The van der Waals surface area contributed by atoms with Crippen LogP contribution < -0.4 is 10.2 Å². The Balaban J connectivity index is 2.13. The number of hydrogen-bond donors (Lipinski definition) is 2. The normalized spacial score (nSPS) is 10.6. The number of carbonyl (C=O) groups is 1. The highest BCUT2D eigenvalue weighted by Gasteiger charge is 2.12. The van der Waals surface area contributed by atoms with Gasteiger partial charge in [-0.3, -0.25) is 5.43 Å². The number of ether oxygens (including phenoxy) is 2. The molecule has 0 atom stereocenters. The van der Waals surface area contributed by atoms with Crippen LogP contribution in [0.4, 0.5) is 5.69 Å². The van der Waals surface area contributed by atoms with Crippen molar-refractivity contribution in [2.24, 2.45) is 5.10 Å². The number of thiophene rings is 1. The van der Waals surface area contributed by atoms with Crippen molar-refractivity contribution in [1.82, 2.24) is 0 Å². The van der Waals surface area contributed by atoms with Gasteiger partial charge in [-0.1, -0.05) is 6.07 Å². The SMILES string of the molecule is COC(=O)c1sccc1NN=Cc1cccc(OC)c1O. The van der Waals surface area contributed by atoms with E-state index in [-0.39, 0.29) is 5.75 Å². The highest BCUT2D eigenvalue weighted by atomic mass is 32.1. The zero-order chi connectivity index (χ0) is 15.2. The van der Waals surface area contributed by atoms with Crippen molar-refractivity contribution < 1.29 is 19.4 Å². The van der Waals surface area contributed by atoms with Crippen molar-refractivity contribution in [2.45, 2.75) is 0 Å². The Labute approximate surface area is 125 Å². The minimum absolute atomic E-state index is 0.00376. The number of methoxy groups -OCH3 is 2. The number of esters is 1. The van der Waals surface area contributed by atoms with E-state index in [4.69, 9.17) is 4.74 Å². The summed E-state index contributed by atoms with van der Waals surface area (Å²) in [6, 6.07) is 6.80. The van der Waals surface area contributed by atoms with E-state index < -0.39 is 5.97 Å². The molecule has 0 aliphatic rings. The zero-order valence-corrected chi connectivity index (χ0v) is 12.3. The van der Waals surface area contributed by atoms with Crippen LogP contribution in [-0.4, -0.2) is 31.5 Å². The molecule has 0 amide bonds. The summed E-state index contributed by atoms with van der Waals surface area (Å²) >= 11 is 1.26. The molecule has 0 fully saturated rings. The molecule has 0 spiro atoms. The van der Waals surface area contributed by atoms with Gasteiger partial charge in [0, 0.05) is 5.56 Å². The summed E-state index contributed by atoms with van der Waals surface area (Å²) in [5, 5.41) is 15.7. The molecule has 2 rings (SSSR count). The second-order valence-electron chi connectivity index (χ2n) is 3.92. The first-order chi connectivity index (χ1) is 10.2. The molecule has 110 valence electrons. The molecule has 0 aliphatic heterocycles. The lowest BCUT2D eigenvalue weighted by Gasteiger charge is -2.05. The third kappa shape index (κ3) is 3.32. The maximum Gasteiger partial charge on any atom is 0.350 e. The summed E-state index contributed by atoms with van der Waals surface area (Å²) in [5.74, 6) is -0.0549. The second kappa shape index (κ2) is 6.76. The minimum atomic E-state index is -0.424. The number of phenols is 1. The van der Waals surface area contributed by atoms with Gasteiger partial charge in [0.1, 0.15) is 4.88 Å². The minimum Gasteiger partial charge on any atom is -0.504 e. The Hall–Kier alpha value is -2.54. The van der Waals surface area contributed by atoms with Gasteiger partial charge in [-0.2, -0.15) is 5.10 Å². The van der Waals surface area contributed by atoms with Gasteiger partial charge in [0.05, 0.1) is 26.1 Å². The van der Waals surface area contributed by atoms with Gasteiger partial charge in [-0.05, 0) is 23.6 Å². The van der Waals surface area contributed by atoms with Gasteiger partial charge in [0.2, 0.25) is 0 Å². The Morgan fingerprint density at radius 2 is 2.19 bits per heavy atom. The van der Waals surface area contributed by atoms with E-state index in [1.807, 2.05) is 0 Å². The predicted molar refractivity (Wildman–Crippen MR) is 81.5 cm³/mol. The van der Waals surface area contributed by atoms with Crippen LogP contribution in [-0.2, 0) is 4.74 Å². The van der Waals surface area contributed by atoms with E-state index >= 15 is 0 Å². The fraction of sp³-hybridized carbons (Fsp3) is 0.143. The van der Waals surface area contributed by atoms with Crippen molar-refractivity contribution in [3.05, 3.63) is 40.1 Å². The summed E-state index contributed by atoms with van der Waals surface area (Å²) in [6.45, 7) is 0. The standard InChI is InChI=1S/C14H14N2O4S/c1-19-11-5-3-4-9(12(11)17)8-15-16-10-6-7-21-13(10)14(18)20-2/h3-8,16-17H,1-2H3. The lowest BCUT2D eigenvalue weighted by atomic mass is 10.2. The van der Waals surface area contributed by atoms with Gasteiger partial charge >= 0.3 is 5.97 Å². The molecule has 0 bridgehead atoms. The fourth-order valence-electron chi connectivity index (χ4n) is 1.63. The van der Waals surface area contributed by atoms with Crippen molar-refractivity contribution in [3.63, 3.8) is 0 Å². The van der Waals surface area contributed by atoms with Gasteiger partial charge in [0.25, 0.3) is 0 Å². The van der Waals surface area contributed by atoms with Gasteiger partial charge in [-0.15, -0.1) is 11.3 Å². The van der Waals surface area contributed by atoms with Gasteiger partial charge in [-0.25, -0.2) is 4.79 Å². The average Bonchev–Trinajstić information content (AvgIpc) is 2.96. The van der Waals surface area contributed by atoms with Crippen LogP contribution in [0.15, 0.2) is 34.7 Å². The fourth-order valence-corrected chi connectivity index (χ4v) is 2.39. The van der Waals surface area contributed by atoms with Crippen LogP contribution in [0.3, 0.4) is 0 Å². The lowest BCUT2D eigenvalue weighted by Crippen LogP contribution is -2.02. The number of rotatable bonds is 5. The summed E-state index contributed by atoms with van der Waals surface area (Å²) in [4.78, 5) is 11.9. The van der Waals surface area contributed by atoms with Crippen LogP contribution in [0.1, 0.15) is 15.2 Å². The van der Waals surface area contributed by atoms with Crippen LogP contribution >= 0.6 is 11.3 Å². The molecular weight excluding hydrogens is 292 g/mol. The molecule has 1 heterocycles. The molecule has 1 aromatic heterocycles. The summed E-state index contributed by atoms with van der Waals surface area (Å²) in [7, 11) is 2.80. The number of phenolic OH excluding ortho intramolecular Hbond substituents is 1. The first-order valence-electron chi connectivity index (χ1n) is 5.98. The van der Waals surface area contributed by atoms with E-state index in [2.05, 4.69) is 15.3 Å². The van der Waals surface area contributed by atoms with E-state index in [1.54, 1.807) is 29.6 Å². The number of aromatic hydroxyl groups is 1. The molecule has 0 saturated carbocycles. The van der Waals surface area contributed by atoms with E-state index in [9.17, 15) is 9.90 Å². The third-order valence-electron chi connectivity index (χ3n) is 2.67. The van der Waals surface area contributed by atoms with Crippen molar-refractivity contribution in [1.29, 1.82) is 0 Å². The smallest absolute Gasteiger partial charge is 0.350 e. The first kappa shape index (κ1) is 14.9. The largest absolute Gasteiger partial charge is 0.504 e. The van der Waals surface area contributed by atoms with Crippen LogP contribution in [0.2, 0.25) is 0 Å². The second-order valence-corrected chi connectivity index (χ2v) is 4.84. The average molecular weight is 306 g/mol. The van der Waals surface area contributed by atoms with E-state index in [1.165, 1.54) is 31.8 Å². The summed E-state index contributed by atoms with van der Waals surface area (Å²) in [5.41, 5.74) is 3.79. The number of carbonyl (C=O) groups excluding carboxylic acids is 1. The number of anilines is 1. The topological polar surface area (TPSA) is 80.2 Å². The number of nitrogens with one attached hydrogen (secondary N) is 1. The van der Waals surface area contributed by atoms with Crippen LogP contribution in [0.5, 0.6) is 11.5 Å². The first-order valence-corrected chi connectivity index (χ1v) is 6.86. The maximum absolute atomic E-state index is 11.5. The van der Waals surface area contributed by atoms with Gasteiger partial charge in [0.15, 0.2) is 11.5 Å². The monoisotopic (exact) mass is 306 g/mol. The molecule has 0 aliphatic carbocycles. The number of para-hydroxylation sites is 1.